The van der Waals surface area contributed by atoms with Gasteiger partial charge in [0.05, 0.1) is 18.8 Å². The van der Waals surface area contributed by atoms with Crippen LogP contribution >= 0.6 is 0 Å². The summed E-state index contributed by atoms with van der Waals surface area (Å²) in [4.78, 5) is 14.6. The van der Waals surface area contributed by atoms with Crippen LogP contribution in [0.4, 0.5) is 0 Å². The van der Waals surface area contributed by atoms with E-state index in [0.29, 0.717) is 19.7 Å². The fourth-order valence-electron chi connectivity index (χ4n) is 3.07. The van der Waals surface area contributed by atoms with E-state index >= 15 is 0 Å². The summed E-state index contributed by atoms with van der Waals surface area (Å²) in [6.45, 7) is 9.26. The Morgan fingerprint density at radius 1 is 1.28 bits per heavy atom. The molecule has 140 valence electrons. The minimum Gasteiger partial charge on any atom is -0.389 e. The van der Waals surface area contributed by atoms with Crippen LogP contribution in [0.5, 0.6) is 0 Å². The van der Waals surface area contributed by atoms with E-state index in [-0.39, 0.29) is 17.9 Å². The third-order valence-electron chi connectivity index (χ3n) is 4.64. The Balaban J connectivity index is 1.66. The molecule has 1 heterocycles. The molecule has 1 unspecified atom stereocenters. The molecule has 1 saturated heterocycles. The van der Waals surface area contributed by atoms with Gasteiger partial charge in [0.2, 0.25) is 5.91 Å². The van der Waals surface area contributed by atoms with Crippen LogP contribution in [0, 0.1) is 12.8 Å². The third kappa shape index (κ3) is 7.14. The lowest BCUT2D eigenvalue weighted by molar-refractivity contribution is -0.126. The maximum Gasteiger partial charge on any atom is 0.223 e. The number of nitrogens with one attached hydrogen (secondary N) is 1. The summed E-state index contributed by atoms with van der Waals surface area (Å²) >= 11 is 0. The molecule has 1 atom stereocenters. The van der Waals surface area contributed by atoms with Gasteiger partial charge in [0.1, 0.15) is 0 Å². The van der Waals surface area contributed by atoms with Crippen LogP contribution in [0.25, 0.3) is 0 Å². The van der Waals surface area contributed by atoms with Crippen molar-refractivity contribution in [2.45, 2.75) is 52.4 Å². The molecule has 1 aromatic carbocycles. The summed E-state index contributed by atoms with van der Waals surface area (Å²) in [7, 11) is 0. The molecule has 1 aliphatic heterocycles. The molecule has 0 aliphatic carbocycles. The summed E-state index contributed by atoms with van der Waals surface area (Å²) in [5, 5.41) is 13.1. The normalized spacial score (nSPS) is 17.6. The van der Waals surface area contributed by atoms with Crippen LogP contribution in [-0.4, -0.2) is 54.4 Å². The molecule has 0 aromatic heterocycles. The lowest BCUT2D eigenvalue weighted by atomic mass is 9.95. The van der Waals surface area contributed by atoms with Crippen molar-refractivity contribution in [1.29, 1.82) is 0 Å². The number of hydrogen-bond acceptors (Lipinski definition) is 4. The maximum absolute atomic E-state index is 12.3. The van der Waals surface area contributed by atoms with Crippen molar-refractivity contribution in [2.75, 3.05) is 26.2 Å². The van der Waals surface area contributed by atoms with Crippen molar-refractivity contribution >= 4 is 5.91 Å². The van der Waals surface area contributed by atoms with Gasteiger partial charge in [-0.25, -0.2) is 0 Å². The predicted molar refractivity (Wildman–Crippen MR) is 99.3 cm³/mol. The van der Waals surface area contributed by atoms with Crippen LogP contribution in [0.15, 0.2) is 24.3 Å². The monoisotopic (exact) mass is 348 g/mol. The standard InChI is InChI=1S/C20H32N2O3/c1-15(2)25-14-19(23)13-22-10-8-18(9-11-22)20(24)21-12-17-6-4-16(3)5-7-17/h4-7,15,18-19,23H,8-14H2,1-3H3,(H,21,24). The number of aliphatic hydroxyl groups excluding tert-OH is 1. The predicted octanol–water partition coefficient (Wildman–Crippen LogP) is 2.11. The zero-order valence-corrected chi connectivity index (χ0v) is 15.7. The van der Waals surface area contributed by atoms with Gasteiger partial charge in [-0.1, -0.05) is 29.8 Å². The summed E-state index contributed by atoms with van der Waals surface area (Å²) in [5.41, 5.74) is 2.35. The first-order valence-corrected chi connectivity index (χ1v) is 9.29. The Morgan fingerprint density at radius 3 is 2.52 bits per heavy atom. The number of benzene rings is 1. The Bertz CT molecular complexity index is 522. The molecule has 2 N–H and O–H groups in total. The lowest BCUT2D eigenvalue weighted by Gasteiger charge is -2.32. The average molecular weight is 348 g/mol. The molecule has 1 aliphatic rings. The molecule has 0 spiro atoms. The van der Waals surface area contributed by atoms with E-state index in [9.17, 15) is 9.90 Å². The largest absolute Gasteiger partial charge is 0.389 e. The fourth-order valence-corrected chi connectivity index (χ4v) is 3.07. The molecular formula is C20H32N2O3. The van der Waals surface area contributed by atoms with Gasteiger partial charge in [0.25, 0.3) is 0 Å². The van der Waals surface area contributed by atoms with Crippen molar-refractivity contribution in [3.63, 3.8) is 0 Å². The van der Waals surface area contributed by atoms with Crippen LogP contribution < -0.4 is 5.32 Å². The van der Waals surface area contributed by atoms with Crippen LogP contribution in [0.3, 0.4) is 0 Å². The van der Waals surface area contributed by atoms with E-state index in [1.807, 2.05) is 13.8 Å². The van der Waals surface area contributed by atoms with Gasteiger partial charge in [-0.15, -0.1) is 0 Å². The Hall–Kier alpha value is -1.43. The number of ether oxygens (including phenoxy) is 1. The van der Waals surface area contributed by atoms with Crippen LogP contribution in [-0.2, 0) is 16.1 Å². The number of likely N-dealkylation sites (tertiary alicyclic amines) is 1. The topological polar surface area (TPSA) is 61.8 Å². The van der Waals surface area contributed by atoms with Crippen molar-refractivity contribution in [1.82, 2.24) is 10.2 Å². The molecule has 5 heteroatoms. The highest BCUT2D eigenvalue weighted by molar-refractivity contribution is 5.78. The summed E-state index contributed by atoms with van der Waals surface area (Å²) in [6, 6.07) is 8.24. The second kappa shape index (κ2) is 9.90. The minimum atomic E-state index is -0.464. The van der Waals surface area contributed by atoms with Crippen molar-refractivity contribution in [2.24, 2.45) is 5.92 Å². The second-order valence-electron chi connectivity index (χ2n) is 7.31. The van der Waals surface area contributed by atoms with E-state index in [0.717, 1.165) is 31.5 Å². The first-order valence-electron chi connectivity index (χ1n) is 9.29. The van der Waals surface area contributed by atoms with Crippen molar-refractivity contribution < 1.29 is 14.6 Å². The number of carbonyl (C=O) groups excluding carboxylic acids is 1. The molecule has 1 aromatic rings. The van der Waals surface area contributed by atoms with E-state index in [2.05, 4.69) is 41.4 Å². The van der Waals surface area contributed by atoms with Gasteiger partial charge in [-0.05, 0) is 52.3 Å². The Kier molecular flexibility index (Phi) is 7.88. The summed E-state index contributed by atoms with van der Waals surface area (Å²) < 4.78 is 5.45. The maximum atomic E-state index is 12.3. The minimum absolute atomic E-state index is 0.0748. The van der Waals surface area contributed by atoms with Gasteiger partial charge in [0, 0.05) is 19.0 Å². The third-order valence-corrected chi connectivity index (χ3v) is 4.64. The Morgan fingerprint density at radius 2 is 1.92 bits per heavy atom. The average Bonchev–Trinajstić information content (AvgIpc) is 2.60. The highest BCUT2D eigenvalue weighted by atomic mass is 16.5. The summed E-state index contributed by atoms with van der Waals surface area (Å²) in [6.07, 6.45) is 1.36. The highest BCUT2D eigenvalue weighted by Crippen LogP contribution is 2.18. The molecule has 0 saturated carbocycles. The Labute approximate surface area is 151 Å². The zero-order valence-electron chi connectivity index (χ0n) is 15.7. The molecule has 0 bridgehead atoms. The van der Waals surface area contributed by atoms with Gasteiger partial charge in [-0.2, -0.15) is 0 Å². The SMILES string of the molecule is Cc1ccc(CNC(=O)C2CCN(CC(O)COC(C)C)CC2)cc1. The zero-order chi connectivity index (χ0) is 18.2. The second-order valence-corrected chi connectivity index (χ2v) is 7.31. The number of nitrogens with zero attached hydrogens (tertiary/aromatic N) is 1. The van der Waals surface area contributed by atoms with Crippen LogP contribution in [0.2, 0.25) is 0 Å². The van der Waals surface area contributed by atoms with Crippen molar-refractivity contribution in [3.05, 3.63) is 35.4 Å². The smallest absolute Gasteiger partial charge is 0.223 e. The molecule has 1 fully saturated rings. The number of amides is 1. The first-order chi connectivity index (χ1) is 11.9. The number of piperidine rings is 1. The van der Waals surface area contributed by atoms with Gasteiger partial charge >= 0.3 is 0 Å². The van der Waals surface area contributed by atoms with E-state index in [1.54, 1.807) is 0 Å². The van der Waals surface area contributed by atoms with Crippen molar-refractivity contribution in [3.8, 4) is 0 Å². The molecule has 2 rings (SSSR count). The number of rotatable bonds is 8. The summed E-state index contributed by atoms with van der Waals surface area (Å²) in [5.74, 6) is 0.217. The van der Waals surface area contributed by atoms with Crippen LogP contribution in [0.1, 0.15) is 37.8 Å². The highest BCUT2D eigenvalue weighted by Gasteiger charge is 2.25. The number of hydrogen-bond donors (Lipinski definition) is 2. The first kappa shape index (κ1) is 19.9. The van der Waals surface area contributed by atoms with E-state index in [4.69, 9.17) is 4.74 Å². The molecule has 5 nitrogen and oxygen atoms in total. The van der Waals surface area contributed by atoms with Gasteiger partial charge in [-0.3, -0.25) is 4.79 Å². The molecule has 1 amide bonds. The quantitative estimate of drug-likeness (QED) is 0.755. The fraction of sp³-hybridized carbons (Fsp3) is 0.650. The number of aliphatic hydroxyl groups is 1. The molecular weight excluding hydrogens is 316 g/mol. The van der Waals surface area contributed by atoms with Gasteiger partial charge in [0.15, 0.2) is 0 Å². The molecule has 25 heavy (non-hydrogen) atoms. The van der Waals surface area contributed by atoms with Gasteiger partial charge < -0.3 is 20.1 Å². The number of β-amino-alcohol motifs (C(OH)–C–C–N with tert-alkyl or cyclic N) is 1. The number of carbonyl (C=O) groups is 1. The molecule has 0 radical (unpaired) electrons. The van der Waals surface area contributed by atoms with E-state index in [1.165, 1.54) is 5.56 Å². The lowest BCUT2D eigenvalue weighted by Crippen LogP contribution is -2.43. The number of aryl methyl sites for hydroxylation is 1. The van der Waals surface area contributed by atoms with E-state index < -0.39 is 6.10 Å².